The average molecular weight is 377 g/mol. The summed E-state index contributed by atoms with van der Waals surface area (Å²) in [5.74, 6) is -0.149. The normalized spacial score (nSPS) is 17.4. The van der Waals surface area contributed by atoms with Gasteiger partial charge in [-0.15, -0.1) is 11.3 Å². The highest BCUT2D eigenvalue weighted by Crippen LogP contribution is 2.30. The summed E-state index contributed by atoms with van der Waals surface area (Å²) in [5.41, 5.74) is 1.48. The van der Waals surface area contributed by atoms with Gasteiger partial charge in [-0.25, -0.2) is 0 Å². The van der Waals surface area contributed by atoms with E-state index in [9.17, 15) is 9.59 Å². The van der Waals surface area contributed by atoms with E-state index in [1.807, 2.05) is 47.8 Å². The SMILES string of the molecule is O=C1[C@H](c2cccnc2)N(CCc2cccs2)C(=O)CN1c1ccccc1. The highest BCUT2D eigenvalue weighted by Gasteiger charge is 2.40. The van der Waals surface area contributed by atoms with E-state index in [1.54, 1.807) is 39.6 Å². The fourth-order valence-electron chi connectivity index (χ4n) is 3.35. The minimum Gasteiger partial charge on any atom is -0.325 e. The number of anilines is 1. The van der Waals surface area contributed by atoms with Gasteiger partial charge in [-0.05, 0) is 36.1 Å². The number of pyridine rings is 1. The van der Waals surface area contributed by atoms with E-state index < -0.39 is 6.04 Å². The first-order valence-corrected chi connectivity index (χ1v) is 9.70. The lowest BCUT2D eigenvalue weighted by Crippen LogP contribution is -2.56. The van der Waals surface area contributed by atoms with Crippen LogP contribution in [0.5, 0.6) is 0 Å². The third-order valence-electron chi connectivity index (χ3n) is 4.67. The first kappa shape index (κ1) is 17.4. The molecule has 3 heterocycles. The maximum absolute atomic E-state index is 13.4. The Hall–Kier alpha value is -2.99. The second-order valence-corrected chi connectivity index (χ2v) is 7.40. The van der Waals surface area contributed by atoms with Crippen molar-refractivity contribution >= 4 is 28.8 Å². The molecule has 4 rings (SSSR count). The van der Waals surface area contributed by atoms with Gasteiger partial charge in [-0.2, -0.15) is 0 Å². The smallest absolute Gasteiger partial charge is 0.254 e. The largest absolute Gasteiger partial charge is 0.325 e. The van der Waals surface area contributed by atoms with Gasteiger partial charge in [-0.3, -0.25) is 14.6 Å². The van der Waals surface area contributed by atoms with Crippen molar-refractivity contribution in [2.24, 2.45) is 0 Å². The van der Waals surface area contributed by atoms with Gasteiger partial charge in [-0.1, -0.05) is 30.3 Å². The number of rotatable bonds is 5. The Bertz CT molecular complexity index is 913. The van der Waals surface area contributed by atoms with Crippen LogP contribution >= 0.6 is 11.3 Å². The van der Waals surface area contributed by atoms with Crippen molar-refractivity contribution in [2.45, 2.75) is 12.5 Å². The van der Waals surface area contributed by atoms with E-state index in [-0.39, 0.29) is 18.4 Å². The van der Waals surface area contributed by atoms with E-state index in [0.717, 1.165) is 17.7 Å². The standard InChI is InChI=1S/C21H19N3O2S/c25-19-15-24(17-7-2-1-3-8-17)21(26)20(16-6-4-11-22-14-16)23(19)12-10-18-9-5-13-27-18/h1-9,11,13-14,20H,10,12,15H2/t20-/m0/s1. The van der Waals surface area contributed by atoms with Crippen LogP contribution in [0.15, 0.2) is 72.4 Å². The molecule has 0 radical (unpaired) electrons. The van der Waals surface area contributed by atoms with E-state index in [4.69, 9.17) is 0 Å². The lowest BCUT2D eigenvalue weighted by atomic mass is 10.0. The van der Waals surface area contributed by atoms with E-state index >= 15 is 0 Å². The Morgan fingerprint density at radius 2 is 1.89 bits per heavy atom. The van der Waals surface area contributed by atoms with Crippen LogP contribution in [-0.4, -0.2) is 34.8 Å². The van der Waals surface area contributed by atoms with Crippen LogP contribution in [0, 0.1) is 0 Å². The van der Waals surface area contributed by atoms with Gasteiger partial charge in [0.25, 0.3) is 5.91 Å². The molecule has 2 aromatic heterocycles. The number of carbonyl (C=O) groups is 2. The van der Waals surface area contributed by atoms with Crippen molar-refractivity contribution in [3.05, 3.63) is 82.8 Å². The number of benzene rings is 1. The van der Waals surface area contributed by atoms with Gasteiger partial charge in [0.2, 0.25) is 5.91 Å². The van der Waals surface area contributed by atoms with Crippen molar-refractivity contribution in [2.75, 3.05) is 18.0 Å². The summed E-state index contributed by atoms with van der Waals surface area (Å²) >= 11 is 1.66. The summed E-state index contributed by atoms with van der Waals surface area (Å²) in [6, 6.07) is 16.4. The van der Waals surface area contributed by atoms with Crippen LogP contribution in [0.2, 0.25) is 0 Å². The number of carbonyl (C=O) groups excluding carboxylic acids is 2. The number of piperazine rings is 1. The topological polar surface area (TPSA) is 53.5 Å². The minimum atomic E-state index is -0.653. The Morgan fingerprint density at radius 3 is 2.59 bits per heavy atom. The highest BCUT2D eigenvalue weighted by molar-refractivity contribution is 7.09. The Balaban J connectivity index is 1.66. The molecule has 0 unspecified atom stereocenters. The Labute approximate surface area is 161 Å². The summed E-state index contributed by atoms with van der Waals surface area (Å²) in [7, 11) is 0. The molecule has 5 nitrogen and oxygen atoms in total. The van der Waals surface area contributed by atoms with Crippen LogP contribution in [-0.2, 0) is 16.0 Å². The van der Waals surface area contributed by atoms with Crippen molar-refractivity contribution in [1.29, 1.82) is 0 Å². The number of amides is 2. The van der Waals surface area contributed by atoms with Crippen LogP contribution in [0.4, 0.5) is 5.69 Å². The first-order valence-electron chi connectivity index (χ1n) is 8.82. The van der Waals surface area contributed by atoms with E-state index in [2.05, 4.69) is 11.1 Å². The first-order chi connectivity index (χ1) is 13.2. The molecule has 0 saturated carbocycles. The summed E-state index contributed by atoms with van der Waals surface area (Å²) in [5, 5.41) is 2.02. The third kappa shape index (κ3) is 3.61. The molecule has 1 atom stereocenters. The fourth-order valence-corrected chi connectivity index (χ4v) is 4.05. The predicted molar refractivity (Wildman–Crippen MR) is 106 cm³/mol. The molecule has 1 fully saturated rings. The van der Waals surface area contributed by atoms with Gasteiger partial charge in [0.1, 0.15) is 12.6 Å². The monoisotopic (exact) mass is 377 g/mol. The maximum atomic E-state index is 13.4. The molecule has 6 heteroatoms. The van der Waals surface area contributed by atoms with Gasteiger partial charge in [0.15, 0.2) is 0 Å². The number of hydrogen-bond acceptors (Lipinski definition) is 4. The molecular formula is C21H19N3O2S. The molecule has 3 aromatic rings. The summed E-state index contributed by atoms with van der Waals surface area (Å²) in [6.07, 6.45) is 4.07. The van der Waals surface area contributed by atoms with Crippen LogP contribution in [0.25, 0.3) is 0 Å². The van der Waals surface area contributed by atoms with Crippen LogP contribution < -0.4 is 4.90 Å². The average Bonchev–Trinajstić information content (AvgIpc) is 3.23. The Kier molecular flexibility index (Phi) is 4.98. The molecule has 136 valence electrons. The zero-order chi connectivity index (χ0) is 18.6. The number of para-hydroxylation sites is 1. The fraction of sp³-hybridized carbons (Fsp3) is 0.190. The second kappa shape index (κ2) is 7.72. The van der Waals surface area contributed by atoms with Crippen molar-refractivity contribution in [3.8, 4) is 0 Å². The van der Waals surface area contributed by atoms with Gasteiger partial charge in [0, 0.05) is 35.1 Å². The molecule has 0 aliphatic carbocycles. The molecule has 1 aliphatic rings. The molecule has 1 saturated heterocycles. The molecule has 0 N–H and O–H groups in total. The minimum absolute atomic E-state index is 0.0520. The van der Waals surface area contributed by atoms with Crippen molar-refractivity contribution in [1.82, 2.24) is 9.88 Å². The lowest BCUT2D eigenvalue weighted by Gasteiger charge is -2.40. The molecule has 2 amide bonds. The molecule has 27 heavy (non-hydrogen) atoms. The van der Waals surface area contributed by atoms with Gasteiger partial charge >= 0.3 is 0 Å². The molecule has 0 spiro atoms. The number of thiophene rings is 1. The summed E-state index contributed by atoms with van der Waals surface area (Å²) in [4.78, 5) is 35.0. The zero-order valence-electron chi connectivity index (χ0n) is 14.7. The highest BCUT2D eigenvalue weighted by atomic mass is 32.1. The zero-order valence-corrected chi connectivity index (χ0v) is 15.5. The summed E-state index contributed by atoms with van der Waals surface area (Å²) < 4.78 is 0. The Morgan fingerprint density at radius 1 is 1.04 bits per heavy atom. The molecule has 1 aliphatic heterocycles. The molecule has 0 bridgehead atoms. The second-order valence-electron chi connectivity index (χ2n) is 6.37. The van der Waals surface area contributed by atoms with Crippen LogP contribution in [0.3, 0.4) is 0 Å². The van der Waals surface area contributed by atoms with Gasteiger partial charge < -0.3 is 9.80 Å². The number of nitrogens with zero attached hydrogens (tertiary/aromatic N) is 3. The predicted octanol–water partition coefficient (Wildman–Crippen LogP) is 3.30. The maximum Gasteiger partial charge on any atom is 0.254 e. The number of hydrogen-bond donors (Lipinski definition) is 0. The summed E-state index contributed by atoms with van der Waals surface area (Å²) in [6.45, 7) is 0.567. The van der Waals surface area contributed by atoms with Crippen molar-refractivity contribution in [3.63, 3.8) is 0 Å². The van der Waals surface area contributed by atoms with Crippen molar-refractivity contribution < 1.29 is 9.59 Å². The van der Waals surface area contributed by atoms with E-state index in [1.165, 1.54) is 4.88 Å². The van der Waals surface area contributed by atoms with Crippen LogP contribution in [0.1, 0.15) is 16.5 Å². The third-order valence-corrected chi connectivity index (χ3v) is 5.61. The van der Waals surface area contributed by atoms with E-state index in [0.29, 0.717) is 6.54 Å². The number of aromatic nitrogens is 1. The van der Waals surface area contributed by atoms with Gasteiger partial charge in [0.05, 0.1) is 0 Å². The quantitative estimate of drug-likeness (QED) is 0.686. The lowest BCUT2D eigenvalue weighted by molar-refractivity contribution is -0.143. The molecular weight excluding hydrogens is 358 g/mol. The molecule has 1 aromatic carbocycles.